The van der Waals surface area contributed by atoms with Crippen molar-refractivity contribution < 1.29 is 14.3 Å². The van der Waals surface area contributed by atoms with E-state index in [4.69, 9.17) is 15.2 Å². The lowest BCUT2D eigenvalue weighted by molar-refractivity contribution is -0.167. The van der Waals surface area contributed by atoms with Crippen LogP contribution in [0.3, 0.4) is 0 Å². The summed E-state index contributed by atoms with van der Waals surface area (Å²) in [6.07, 6.45) is 0.702. The fourth-order valence-corrected chi connectivity index (χ4v) is 0.652. The highest BCUT2D eigenvalue weighted by Gasteiger charge is 2.05. The maximum Gasteiger partial charge on any atom is 0.334 e. The van der Waals surface area contributed by atoms with Crippen molar-refractivity contribution in [3.8, 4) is 0 Å². The molecule has 0 saturated heterocycles. The normalized spacial score (nSPS) is 14.1. The highest BCUT2D eigenvalue weighted by Crippen LogP contribution is 1.95. The molecular weight excluding hydrogens is 158 g/mol. The maximum atomic E-state index is 10.9. The molecule has 0 bridgehead atoms. The van der Waals surface area contributed by atoms with E-state index in [0.717, 1.165) is 0 Å². The second-order valence-electron chi connectivity index (χ2n) is 2.35. The van der Waals surface area contributed by atoms with Crippen LogP contribution in [0.5, 0.6) is 0 Å². The van der Waals surface area contributed by atoms with E-state index in [9.17, 15) is 4.79 Å². The van der Waals surface area contributed by atoms with E-state index < -0.39 is 12.3 Å². The summed E-state index contributed by atoms with van der Waals surface area (Å²) in [4.78, 5) is 10.9. The van der Waals surface area contributed by atoms with Crippen LogP contribution in [0.2, 0.25) is 0 Å². The Balaban J connectivity index is 3.77. The largest absolute Gasteiger partial charge is 0.433 e. The zero-order chi connectivity index (χ0) is 9.56. The van der Waals surface area contributed by atoms with E-state index in [0.29, 0.717) is 12.3 Å². The fraction of sp³-hybridized carbons (Fsp3) is 0.625. The summed E-state index contributed by atoms with van der Waals surface area (Å²) in [5.74, 6) is -0.476. The number of ether oxygens (including phenoxy) is 2. The molecule has 1 atom stereocenters. The van der Waals surface area contributed by atoms with Crippen LogP contribution in [0.15, 0.2) is 11.8 Å². The van der Waals surface area contributed by atoms with Crippen LogP contribution >= 0.6 is 0 Å². The molecule has 0 amide bonds. The van der Waals surface area contributed by atoms with Gasteiger partial charge in [-0.15, -0.1) is 0 Å². The number of carbonyl (C=O) groups excluding carboxylic acids is 1. The SMILES string of the molecule is CCOC(C)OC(=O)/C=C(/C)N. The molecule has 70 valence electrons. The third-order valence-corrected chi connectivity index (χ3v) is 1.03. The molecule has 4 nitrogen and oxygen atoms in total. The number of allylic oxidation sites excluding steroid dienone is 1. The zero-order valence-corrected chi connectivity index (χ0v) is 7.66. The molecule has 1 unspecified atom stereocenters. The Morgan fingerprint density at radius 2 is 2.25 bits per heavy atom. The van der Waals surface area contributed by atoms with E-state index in [2.05, 4.69) is 0 Å². The molecule has 0 radical (unpaired) electrons. The van der Waals surface area contributed by atoms with Gasteiger partial charge < -0.3 is 15.2 Å². The zero-order valence-electron chi connectivity index (χ0n) is 7.66. The van der Waals surface area contributed by atoms with Gasteiger partial charge in [0.25, 0.3) is 0 Å². The van der Waals surface area contributed by atoms with Crippen molar-refractivity contribution in [1.29, 1.82) is 0 Å². The molecular formula is C8H15NO3. The van der Waals surface area contributed by atoms with Gasteiger partial charge in [-0.05, 0) is 20.8 Å². The van der Waals surface area contributed by atoms with Gasteiger partial charge >= 0.3 is 5.97 Å². The highest BCUT2D eigenvalue weighted by molar-refractivity contribution is 5.82. The topological polar surface area (TPSA) is 61.5 Å². The quantitative estimate of drug-likeness (QED) is 0.387. The lowest BCUT2D eigenvalue weighted by atomic mass is 10.4. The molecule has 0 aromatic rings. The van der Waals surface area contributed by atoms with Crippen LogP contribution in [0.25, 0.3) is 0 Å². The molecule has 0 heterocycles. The van der Waals surface area contributed by atoms with Gasteiger partial charge in [0.1, 0.15) is 0 Å². The van der Waals surface area contributed by atoms with Crippen LogP contribution in [-0.2, 0) is 14.3 Å². The van der Waals surface area contributed by atoms with E-state index in [1.807, 2.05) is 6.92 Å². The molecule has 0 fully saturated rings. The van der Waals surface area contributed by atoms with Crippen LogP contribution < -0.4 is 5.73 Å². The lowest BCUT2D eigenvalue weighted by Gasteiger charge is -2.10. The van der Waals surface area contributed by atoms with Crippen LogP contribution in [0, 0.1) is 0 Å². The minimum atomic E-state index is -0.516. The van der Waals surface area contributed by atoms with Gasteiger partial charge in [-0.1, -0.05) is 0 Å². The standard InChI is InChI=1S/C8H15NO3/c1-4-11-7(3)12-8(10)5-6(2)9/h5,7H,4,9H2,1-3H3/b6-5-. The minimum Gasteiger partial charge on any atom is -0.433 e. The Bertz CT molecular complexity index is 173. The van der Waals surface area contributed by atoms with Crippen molar-refractivity contribution in [2.45, 2.75) is 27.1 Å². The first-order valence-electron chi connectivity index (χ1n) is 3.82. The van der Waals surface area contributed by atoms with Gasteiger partial charge in [-0.25, -0.2) is 4.79 Å². The van der Waals surface area contributed by atoms with Crippen molar-refractivity contribution in [2.75, 3.05) is 6.61 Å². The molecule has 0 aromatic carbocycles. The van der Waals surface area contributed by atoms with E-state index in [-0.39, 0.29) is 0 Å². The second kappa shape index (κ2) is 5.60. The van der Waals surface area contributed by atoms with E-state index in [1.165, 1.54) is 6.08 Å². The Morgan fingerprint density at radius 3 is 2.67 bits per heavy atom. The molecule has 0 rings (SSSR count). The van der Waals surface area contributed by atoms with Crippen molar-refractivity contribution >= 4 is 5.97 Å². The lowest BCUT2D eigenvalue weighted by Crippen LogP contribution is -2.17. The number of nitrogens with two attached hydrogens (primary N) is 1. The summed E-state index contributed by atoms with van der Waals surface area (Å²) in [5, 5.41) is 0. The second-order valence-corrected chi connectivity index (χ2v) is 2.35. The minimum absolute atomic E-state index is 0.420. The first-order chi connectivity index (χ1) is 5.56. The molecule has 4 heteroatoms. The molecule has 2 N–H and O–H groups in total. The van der Waals surface area contributed by atoms with E-state index in [1.54, 1.807) is 13.8 Å². The number of hydrogen-bond acceptors (Lipinski definition) is 4. The van der Waals surface area contributed by atoms with Crippen molar-refractivity contribution in [3.63, 3.8) is 0 Å². The van der Waals surface area contributed by atoms with Crippen LogP contribution in [0.1, 0.15) is 20.8 Å². The average Bonchev–Trinajstić information content (AvgIpc) is 1.84. The Kier molecular flexibility index (Phi) is 5.12. The Labute approximate surface area is 72.3 Å². The number of hydrogen-bond donors (Lipinski definition) is 1. The number of rotatable bonds is 4. The first-order valence-corrected chi connectivity index (χ1v) is 3.82. The predicted octanol–water partition coefficient (Wildman–Crippen LogP) is 0.775. The first kappa shape index (κ1) is 11.0. The highest BCUT2D eigenvalue weighted by atomic mass is 16.7. The average molecular weight is 173 g/mol. The summed E-state index contributed by atoms with van der Waals surface area (Å²) in [5.41, 5.74) is 5.68. The molecule has 12 heavy (non-hydrogen) atoms. The van der Waals surface area contributed by atoms with Gasteiger partial charge in [0.2, 0.25) is 0 Å². The molecule has 0 aliphatic rings. The summed E-state index contributed by atoms with van der Waals surface area (Å²) >= 11 is 0. The van der Waals surface area contributed by atoms with Crippen molar-refractivity contribution in [1.82, 2.24) is 0 Å². The van der Waals surface area contributed by atoms with Crippen LogP contribution in [0.4, 0.5) is 0 Å². The predicted molar refractivity (Wildman–Crippen MR) is 45.1 cm³/mol. The van der Waals surface area contributed by atoms with Crippen LogP contribution in [-0.4, -0.2) is 18.9 Å². The number of carbonyl (C=O) groups is 1. The molecule has 0 aliphatic heterocycles. The van der Waals surface area contributed by atoms with E-state index >= 15 is 0 Å². The Hall–Kier alpha value is -1.03. The van der Waals surface area contributed by atoms with Crippen molar-refractivity contribution in [3.05, 3.63) is 11.8 Å². The van der Waals surface area contributed by atoms with Gasteiger partial charge in [-0.2, -0.15) is 0 Å². The third kappa shape index (κ3) is 5.73. The molecule has 0 aliphatic carbocycles. The fourth-order valence-electron chi connectivity index (χ4n) is 0.652. The summed E-state index contributed by atoms with van der Waals surface area (Å²) in [7, 11) is 0. The van der Waals surface area contributed by atoms with Crippen molar-refractivity contribution in [2.24, 2.45) is 5.73 Å². The van der Waals surface area contributed by atoms with Gasteiger partial charge in [-0.3, -0.25) is 0 Å². The molecule has 0 saturated carbocycles. The monoisotopic (exact) mass is 173 g/mol. The summed E-state index contributed by atoms with van der Waals surface area (Å²) < 4.78 is 9.76. The van der Waals surface area contributed by atoms with Gasteiger partial charge in [0, 0.05) is 18.4 Å². The summed E-state index contributed by atoms with van der Waals surface area (Å²) in [6, 6.07) is 0. The summed E-state index contributed by atoms with van der Waals surface area (Å²) in [6.45, 7) is 5.61. The third-order valence-electron chi connectivity index (χ3n) is 1.03. The maximum absolute atomic E-state index is 10.9. The Morgan fingerprint density at radius 1 is 1.67 bits per heavy atom. The number of esters is 1. The molecule has 0 aromatic heterocycles. The van der Waals surface area contributed by atoms with Gasteiger partial charge in [0.15, 0.2) is 6.29 Å². The molecule has 0 spiro atoms. The smallest absolute Gasteiger partial charge is 0.334 e. The van der Waals surface area contributed by atoms with Gasteiger partial charge in [0.05, 0.1) is 0 Å².